The van der Waals surface area contributed by atoms with Crippen LogP contribution in [0.15, 0.2) is 20.1 Å². The van der Waals surface area contributed by atoms with Crippen LogP contribution in [0.5, 0.6) is 0 Å². The van der Waals surface area contributed by atoms with Crippen LogP contribution in [0.1, 0.15) is 12.8 Å². The van der Waals surface area contributed by atoms with Crippen LogP contribution in [0, 0.1) is 0 Å². The number of aliphatic hydroxyl groups is 1. The van der Waals surface area contributed by atoms with Crippen molar-refractivity contribution >= 4 is 37.3 Å². The van der Waals surface area contributed by atoms with Gasteiger partial charge < -0.3 is 5.11 Å². The number of piperidine rings is 1. The van der Waals surface area contributed by atoms with Crippen LogP contribution < -0.4 is 0 Å². The molecule has 0 radical (unpaired) electrons. The molecular weight excluding hydrogens is 314 g/mol. The molecule has 0 aliphatic carbocycles. The van der Waals surface area contributed by atoms with Crippen molar-refractivity contribution in [1.29, 1.82) is 0 Å². The van der Waals surface area contributed by atoms with Crippen molar-refractivity contribution in [3.63, 3.8) is 0 Å². The first-order valence-electron chi connectivity index (χ1n) is 4.94. The number of halogens is 1. The van der Waals surface area contributed by atoms with E-state index in [0.29, 0.717) is 30.1 Å². The fourth-order valence-corrected chi connectivity index (χ4v) is 5.28. The number of thiophene rings is 1. The van der Waals surface area contributed by atoms with Gasteiger partial charge in [0.1, 0.15) is 4.21 Å². The van der Waals surface area contributed by atoms with Crippen LogP contribution >= 0.6 is 27.3 Å². The van der Waals surface area contributed by atoms with Gasteiger partial charge in [-0.3, -0.25) is 0 Å². The lowest BCUT2D eigenvalue weighted by atomic mass is 10.1. The first kappa shape index (κ1) is 12.5. The third-order valence-corrected chi connectivity index (χ3v) is 6.56. The minimum absolute atomic E-state index is 0.357. The third kappa shape index (κ3) is 2.48. The average Bonchev–Trinajstić information content (AvgIpc) is 2.66. The molecule has 7 heteroatoms. The molecule has 1 N–H and O–H groups in total. The molecule has 16 heavy (non-hydrogen) atoms. The lowest BCUT2D eigenvalue weighted by Crippen LogP contribution is -2.39. The minimum Gasteiger partial charge on any atom is -0.393 e. The van der Waals surface area contributed by atoms with Gasteiger partial charge in [0.05, 0.1) is 9.89 Å². The Hall–Kier alpha value is 0.0500. The molecule has 0 amide bonds. The summed E-state index contributed by atoms with van der Waals surface area (Å²) in [7, 11) is -3.35. The molecule has 1 aromatic heterocycles. The molecular formula is C9H12BrNO3S2. The van der Waals surface area contributed by atoms with Crippen LogP contribution in [-0.2, 0) is 10.0 Å². The van der Waals surface area contributed by atoms with E-state index in [1.165, 1.54) is 15.6 Å². The Morgan fingerprint density at radius 3 is 2.50 bits per heavy atom. The molecule has 2 rings (SSSR count). The van der Waals surface area contributed by atoms with Crippen molar-refractivity contribution in [3.05, 3.63) is 15.9 Å². The second-order valence-corrected chi connectivity index (χ2v) is 8.32. The van der Waals surface area contributed by atoms with Gasteiger partial charge in [0.2, 0.25) is 0 Å². The maximum atomic E-state index is 12.1. The molecule has 1 aromatic rings. The summed E-state index contributed by atoms with van der Waals surface area (Å²) >= 11 is 4.47. The van der Waals surface area contributed by atoms with Gasteiger partial charge in [0.15, 0.2) is 0 Å². The van der Waals surface area contributed by atoms with E-state index in [0.717, 1.165) is 3.79 Å². The Kier molecular flexibility index (Phi) is 3.70. The summed E-state index contributed by atoms with van der Waals surface area (Å²) in [4.78, 5) is 0. The molecule has 1 aliphatic heterocycles. The molecule has 0 atom stereocenters. The Morgan fingerprint density at radius 1 is 1.38 bits per heavy atom. The lowest BCUT2D eigenvalue weighted by molar-refractivity contribution is 0.113. The van der Waals surface area contributed by atoms with Crippen molar-refractivity contribution in [1.82, 2.24) is 4.31 Å². The van der Waals surface area contributed by atoms with Crippen molar-refractivity contribution in [3.8, 4) is 0 Å². The molecule has 1 aliphatic rings. The van der Waals surface area contributed by atoms with Gasteiger partial charge in [-0.2, -0.15) is 4.31 Å². The van der Waals surface area contributed by atoms with E-state index in [4.69, 9.17) is 0 Å². The molecule has 2 heterocycles. The maximum absolute atomic E-state index is 12.1. The van der Waals surface area contributed by atoms with Crippen LogP contribution in [0.4, 0.5) is 0 Å². The Morgan fingerprint density at radius 2 is 2.00 bits per heavy atom. The summed E-state index contributed by atoms with van der Waals surface area (Å²) in [6, 6.07) is 3.34. The van der Waals surface area contributed by atoms with E-state index < -0.39 is 10.0 Å². The van der Waals surface area contributed by atoms with Crippen molar-refractivity contribution in [2.75, 3.05) is 13.1 Å². The van der Waals surface area contributed by atoms with Crippen molar-refractivity contribution in [2.45, 2.75) is 23.2 Å². The van der Waals surface area contributed by atoms with E-state index in [-0.39, 0.29) is 6.10 Å². The second kappa shape index (κ2) is 4.73. The number of sulfonamides is 1. The van der Waals surface area contributed by atoms with Crippen molar-refractivity contribution in [2.24, 2.45) is 0 Å². The number of hydrogen-bond acceptors (Lipinski definition) is 4. The number of nitrogens with zero attached hydrogens (tertiary/aromatic N) is 1. The van der Waals surface area contributed by atoms with Crippen molar-refractivity contribution < 1.29 is 13.5 Å². The number of hydrogen-bond donors (Lipinski definition) is 1. The van der Waals surface area contributed by atoms with E-state index in [9.17, 15) is 13.5 Å². The monoisotopic (exact) mass is 325 g/mol. The first-order valence-corrected chi connectivity index (χ1v) is 7.98. The first-order chi connectivity index (χ1) is 7.50. The lowest BCUT2D eigenvalue weighted by Gasteiger charge is -2.28. The fraction of sp³-hybridized carbons (Fsp3) is 0.556. The predicted octanol–water partition coefficient (Wildman–Crippen LogP) is 1.66. The zero-order chi connectivity index (χ0) is 11.8. The van der Waals surface area contributed by atoms with Gasteiger partial charge in [-0.1, -0.05) is 0 Å². The fourth-order valence-electron chi connectivity index (χ4n) is 1.65. The highest BCUT2D eigenvalue weighted by Crippen LogP contribution is 2.29. The Bertz CT molecular complexity index is 463. The second-order valence-electron chi connectivity index (χ2n) is 3.69. The van der Waals surface area contributed by atoms with E-state index in [1.807, 2.05) is 0 Å². The summed E-state index contributed by atoms with van der Waals surface area (Å²) in [6.07, 6.45) is 0.680. The maximum Gasteiger partial charge on any atom is 0.252 e. The SMILES string of the molecule is O=S(=O)(c1ccc(Br)s1)N1CCC(O)CC1. The highest BCUT2D eigenvalue weighted by Gasteiger charge is 2.29. The molecule has 0 bridgehead atoms. The summed E-state index contributed by atoms with van der Waals surface area (Å²) in [5, 5.41) is 9.34. The van der Waals surface area contributed by atoms with E-state index in [1.54, 1.807) is 12.1 Å². The topological polar surface area (TPSA) is 57.6 Å². The van der Waals surface area contributed by atoms with Crippen LogP contribution in [0.3, 0.4) is 0 Å². The molecule has 1 fully saturated rings. The van der Waals surface area contributed by atoms with Gasteiger partial charge in [-0.25, -0.2) is 8.42 Å². The molecule has 4 nitrogen and oxygen atoms in total. The predicted molar refractivity (Wildman–Crippen MR) is 66.0 cm³/mol. The number of aliphatic hydroxyl groups excluding tert-OH is 1. The standard InChI is InChI=1S/C9H12BrNO3S2/c10-8-1-2-9(15-8)16(13,14)11-5-3-7(12)4-6-11/h1-2,7,12H,3-6H2. The van der Waals surface area contributed by atoms with Gasteiger partial charge in [-0.05, 0) is 40.9 Å². The number of rotatable bonds is 2. The van der Waals surface area contributed by atoms with E-state index >= 15 is 0 Å². The van der Waals surface area contributed by atoms with Crippen LogP contribution in [0.2, 0.25) is 0 Å². The highest BCUT2D eigenvalue weighted by molar-refractivity contribution is 9.11. The minimum atomic E-state index is -3.35. The molecule has 90 valence electrons. The highest BCUT2D eigenvalue weighted by atomic mass is 79.9. The Labute approximate surface area is 107 Å². The zero-order valence-corrected chi connectivity index (χ0v) is 11.7. The third-order valence-electron chi connectivity index (χ3n) is 2.57. The van der Waals surface area contributed by atoms with Gasteiger partial charge in [-0.15, -0.1) is 11.3 Å². The quantitative estimate of drug-likeness (QED) is 0.899. The summed E-state index contributed by atoms with van der Waals surface area (Å²) in [5.41, 5.74) is 0. The Balaban J connectivity index is 2.20. The van der Waals surface area contributed by atoms with Crippen LogP contribution in [0.25, 0.3) is 0 Å². The summed E-state index contributed by atoms with van der Waals surface area (Å²) in [6.45, 7) is 0.804. The van der Waals surface area contributed by atoms with E-state index in [2.05, 4.69) is 15.9 Å². The molecule has 0 saturated carbocycles. The normalized spacial score (nSPS) is 20.1. The average molecular weight is 326 g/mol. The molecule has 0 aromatic carbocycles. The van der Waals surface area contributed by atoms with Gasteiger partial charge in [0, 0.05) is 13.1 Å². The smallest absolute Gasteiger partial charge is 0.252 e. The summed E-state index contributed by atoms with van der Waals surface area (Å²) < 4.78 is 26.9. The van der Waals surface area contributed by atoms with Gasteiger partial charge in [0.25, 0.3) is 10.0 Å². The van der Waals surface area contributed by atoms with Gasteiger partial charge >= 0.3 is 0 Å². The van der Waals surface area contributed by atoms with Crippen LogP contribution in [-0.4, -0.2) is 37.0 Å². The molecule has 0 spiro atoms. The molecule has 0 unspecified atom stereocenters. The summed E-state index contributed by atoms with van der Waals surface area (Å²) in [5.74, 6) is 0. The zero-order valence-electron chi connectivity index (χ0n) is 8.47. The molecule has 1 saturated heterocycles. The largest absolute Gasteiger partial charge is 0.393 e.